The standard InChI is InChI=1S/C9H12O.C7H13NO2.C2H6/c1-7-3-4-9(6-10)5-8(7)2;1-6(10)8-4-2-3-7(8)5-9;1-2/h3-5,10H,6H2,1-2H3;5-7,10H,2-4H2,1H3;1-2H3. The minimum atomic E-state index is -0.474. The summed E-state index contributed by atoms with van der Waals surface area (Å²) in [6, 6.07) is 5.94. The molecule has 2 atom stereocenters. The highest BCUT2D eigenvalue weighted by molar-refractivity contribution is 5.58. The zero-order valence-corrected chi connectivity index (χ0v) is 14.5. The molecule has 1 aromatic carbocycles. The Hall–Kier alpha value is -1.23. The summed E-state index contributed by atoms with van der Waals surface area (Å²) >= 11 is 0. The summed E-state index contributed by atoms with van der Waals surface area (Å²) in [5.41, 5.74) is 3.51. The molecule has 2 N–H and O–H groups in total. The number of carbonyl (C=O) groups is 1. The minimum absolute atomic E-state index is 0.0417. The van der Waals surface area contributed by atoms with E-state index in [2.05, 4.69) is 13.8 Å². The summed E-state index contributed by atoms with van der Waals surface area (Å²) in [5.74, 6) is 0. The molecule has 1 fully saturated rings. The van der Waals surface area contributed by atoms with Crippen LogP contribution in [0.2, 0.25) is 0 Å². The van der Waals surface area contributed by atoms with E-state index in [-0.39, 0.29) is 12.6 Å². The van der Waals surface area contributed by atoms with Gasteiger partial charge in [0.2, 0.25) is 0 Å². The molecule has 0 saturated carbocycles. The van der Waals surface area contributed by atoms with Crippen molar-refractivity contribution in [1.29, 1.82) is 0 Å². The Morgan fingerprint density at radius 2 is 1.95 bits per heavy atom. The first-order valence-electron chi connectivity index (χ1n) is 8.05. The molecular formula is C18H31NO3. The van der Waals surface area contributed by atoms with Gasteiger partial charge >= 0.3 is 0 Å². The second kappa shape index (κ2) is 11.4. The van der Waals surface area contributed by atoms with Crippen LogP contribution in [-0.4, -0.2) is 40.2 Å². The number of rotatable bonds is 3. The largest absolute Gasteiger partial charge is 0.392 e. The van der Waals surface area contributed by atoms with E-state index in [0.29, 0.717) is 0 Å². The monoisotopic (exact) mass is 309 g/mol. The van der Waals surface area contributed by atoms with Gasteiger partial charge < -0.3 is 15.0 Å². The van der Waals surface area contributed by atoms with Gasteiger partial charge in [0.15, 0.2) is 0 Å². The summed E-state index contributed by atoms with van der Waals surface area (Å²) < 4.78 is 0. The molecule has 0 amide bonds. The highest BCUT2D eigenvalue weighted by Gasteiger charge is 2.26. The molecule has 0 spiro atoms. The molecule has 2 rings (SSSR count). The first-order valence-corrected chi connectivity index (χ1v) is 8.05. The lowest BCUT2D eigenvalue weighted by Gasteiger charge is -2.22. The molecule has 22 heavy (non-hydrogen) atoms. The average molecular weight is 309 g/mol. The van der Waals surface area contributed by atoms with Crippen LogP contribution < -0.4 is 0 Å². The number of likely N-dealkylation sites (tertiary alicyclic amines) is 1. The van der Waals surface area contributed by atoms with Gasteiger partial charge in [0.05, 0.1) is 12.6 Å². The van der Waals surface area contributed by atoms with Crippen LogP contribution in [0.4, 0.5) is 0 Å². The van der Waals surface area contributed by atoms with Gasteiger partial charge in [-0.3, -0.25) is 4.90 Å². The van der Waals surface area contributed by atoms with Crippen LogP contribution in [0.15, 0.2) is 18.2 Å². The summed E-state index contributed by atoms with van der Waals surface area (Å²) in [7, 11) is 0. The second-order valence-corrected chi connectivity index (χ2v) is 5.29. The highest BCUT2D eigenvalue weighted by atomic mass is 16.3. The Labute approximate surface area is 134 Å². The maximum absolute atomic E-state index is 10.4. The lowest BCUT2D eigenvalue weighted by molar-refractivity contribution is -0.114. The van der Waals surface area contributed by atoms with Crippen molar-refractivity contribution in [2.45, 2.75) is 66.3 Å². The number of benzene rings is 1. The molecule has 4 nitrogen and oxygen atoms in total. The first kappa shape index (κ1) is 20.8. The van der Waals surface area contributed by atoms with Crippen molar-refractivity contribution in [2.24, 2.45) is 0 Å². The van der Waals surface area contributed by atoms with Crippen LogP contribution in [-0.2, 0) is 11.4 Å². The zero-order valence-electron chi connectivity index (χ0n) is 14.5. The van der Waals surface area contributed by atoms with Crippen molar-refractivity contribution in [3.05, 3.63) is 34.9 Å². The summed E-state index contributed by atoms with van der Waals surface area (Å²) in [4.78, 5) is 12.2. The Kier molecular flexibility index (Phi) is 10.7. The quantitative estimate of drug-likeness (QED) is 0.843. The van der Waals surface area contributed by atoms with E-state index < -0.39 is 6.23 Å². The molecule has 126 valence electrons. The van der Waals surface area contributed by atoms with Gasteiger partial charge in [-0.2, -0.15) is 0 Å². The van der Waals surface area contributed by atoms with Crippen LogP contribution in [0, 0.1) is 13.8 Å². The number of aryl methyl sites for hydroxylation is 2. The van der Waals surface area contributed by atoms with E-state index in [9.17, 15) is 4.79 Å². The zero-order chi connectivity index (χ0) is 17.1. The molecular weight excluding hydrogens is 278 g/mol. The number of hydrogen-bond acceptors (Lipinski definition) is 4. The van der Waals surface area contributed by atoms with Gasteiger partial charge in [-0.1, -0.05) is 32.0 Å². The van der Waals surface area contributed by atoms with Crippen molar-refractivity contribution in [1.82, 2.24) is 4.90 Å². The number of hydrogen-bond donors (Lipinski definition) is 2. The summed E-state index contributed by atoms with van der Waals surface area (Å²) in [5, 5.41) is 17.9. The molecule has 1 aliphatic rings. The summed E-state index contributed by atoms with van der Waals surface area (Å²) in [6.45, 7) is 10.8. The van der Waals surface area contributed by atoms with Crippen LogP contribution in [0.1, 0.15) is 50.3 Å². The topological polar surface area (TPSA) is 60.8 Å². The smallest absolute Gasteiger partial charge is 0.137 e. The van der Waals surface area contributed by atoms with Gasteiger partial charge in [-0.25, -0.2) is 0 Å². The van der Waals surface area contributed by atoms with Gasteiger partial charge in [0, 0.05) is 6.54 Å². The maximum atomic E-state index is 10.4. The number of aliphatic hydroxyl groups is 2. The van der Waals surface area contributed by atoms with Crippen molar-refractivity contribution < 1.29 is 15.0 Å². The predicted octanol–water partition coefficient (Wildman–Crippen LogP) is 2.81. The fraction of sp³-hybridized carbons (Fsp3) is 0.611. The fourth-order valence-corrected chi connectivity index (χ4v) is 2.33. The van der Waals surface area contributed by atoms with Crippen molar-refractivity contribution in [2.75, 3.05) is 6.54 Å². The van der Waals surface area contributed by atoms with Crippen LogP contribution >= 0.6 is 0 Å². The number of carbonyl (C=O) groups excluding carboxylic acids is 1. The molecule has 0 aromatic heterocycles. The molecule has 1 heterocycles. The number of nitrogens with zero attached hydrogens (tertiary/aromatic N) is 1. The third kappa shape index (κ3) is 6.69. The van der Waals surface area contributed by atoms with Crippen LogP contribution in [0.3, 0.4) is 0 Å². The minimum Gasteiger partial charge on any atom is -0.392 e. The molecule has 0 aliphatic carbocycles. The third-order valence-electron chi connectivity index (χ3n) is 3.73. The molecule has 4 heteroatoms. The van der Waals surface area contributed by atoms with E-state index in [1.165, 1.54) is 11.1 Å². The molecule has 1 saturated heterocycles. The van der Waals surface area contributed by atoms with Gasteiger partial charge in [0.25, 0.3) is 0 Å². The molecule has 1 aromatic rings. The van der Waals surface area contributed by atoms with Gasteiger partial charge in [-0.05, 0) is 50.3 Å². The highest BCUT2D eigenvalue weighted by Crippen LogP contribution is 2.16. The van der Waals surface area contributed by atoms with Crippen molar-refractivity contribution in [3.8, 4) is 0 Å². The van der Waals surface area contributed by atoms with Crippen LogP contribution in [0.25, 0.3) is 0 Å². The van der Waals surface area contributed by atoms with Crippen molar-refractivity contribution >= 4 is 6.29 Å². The lowest BCUT2D eigenvalue weighted by Crippen LogP contribution is -2.37. The van der Waals surface area contributed by atoms with Gasteiger partial charge in [0.1, 0.15) is 12.5 Å². The summed E-state index contributed by atoms with van der Waals surface area (Å²) in [6.07, 6.45) is 2.36. The average Bonchev–Trinajstić information content (AvgIpc) is 3.01. The van der Waals surface area contributed by atoms with E-state index in [1.807, 2.05) is 36.9 Å². The van der Waals surface area contributed by atoms with Gasteiger partial charge in [-0.15, -0.1) is 0 Å². The Morgan fingerprint density at radius 3 is 2.36 bits per heavy atom. The maximum Gasteiger partial charge on any atom is 0.137 e. The fourth-order valence-electron chi connectivity index (χ4n) is 2.33. The molecule has 1 aliphatic heterocycles. The lowest BCUT2D eigenvalue weighted by atomic mass is 10.1. The van der Waals surface area contributed by atoms with Crippen molar-refractivity contribution in [3.63, 3.8) is 0 Å². The van der Waals surface area contributed by atoms with E-state index in [0.717, 1.165) is 31.2 Å². The Bertz CT molecular complexity index is 432. The predicted molar refractivity (Wildman–Crippen MR) is 90.7 cm³/mol. The van der Waals surface area contributed by atoms with Crippen LogP contribution in [0.5, 0.6) is 0 Å². The SMILES string of the molecule is CC.CC(O)N1CCCC1C=O.Cc1ccc(CO)cc1C. The first-order chi connectivity index (χ1) is 10.5. The van der Waals surface area contributed by atoms with E-state index in [4.69, 9.17) is 10.2 Å². The molecule has 0 radical (unpaired) electrons. The third-order valence-corrected chi connectivity index (χ3v) is 3.73. The molecule has 0 bridgehead atoms. The normalized spacial score (nSPS) is 18.6. The van der Waals surface area contributed by atoms with E-state index in [1.54, 1.807) is 6.92 Å². The number of aldehydes is 1. The Balaban J connectivity index is 0.000000360. The second-order valence-electron chi connectivity index (χ2n) is 5.29. The Morgan fingerprint density at radius 1 is 1.32 bits per heavy atom. The number of aliphatic hydroxyl groups excluding tert-OH is 2. The van der Waals surface area contributed by atoms with E-state index >= 15 is 0 Å². The molecule has 2 unspecified atom stereocenters.